The predicted octanol–water partition coefficient (Wildman–Crippen LogP) is 1.65. The number of furan rings is 1. The van der Waals surface area contributed by atoms with Gasteiger partial charge < -0.3 is 4.42 Å². The Morgan fingerprint density at radius 1 is 1.27 bits per heavy atom. The van der Waals surface area contributed by atoms with Gasteiger partial charge in [0.2, 0.25) is 14.9 Å². The first kappa shape index (κ1) is 9.92. The molecule has 0 unspecified atom stereocenters. The van der Waals surface area contributed by atoms with Crippen LogP contribution in [-0.2, 0) is 9.84 Å². The van der Waals surface area contributed by atoms with Crippen molar-refractivity contribution in [2.45, 2.75) is 5.09 Å². The molecule has 78 valence electrons. The van der Waals surface area contributed by atoms with Gasteiger partial charge in [-0.25, -0.2) is 8.42 Å². The molecule has 2 rings (SSSR count). The molecule has 1 heterocycles. The van der Waals surface area contributed by atoms with Gasteiger partial charge in [0, 0.05) is 23.3 Å². The highest BCUT2D eigenvalue weighted by molar-refractivity contribution is 7.90. The van der Waals surface area contributed by atoms with E-state index in [0.29, 0.717) is 22.8 Å². The number of hydrogen-bond donors (Lipinski definition) is 0. The van der Waals surface area contributed by atoms with Gasteiger partial charge in [0.25, 0.3) is 0 Å². The molecule has 0 fully saturated rings. The maximum Gasteiger partial charge on any atom is 0.219 e. The van der Waals surface area contributed by atoms with Crippen molar-refractivity contribution in [3.05, 3.63) is 29.8 Å². The zero-order valence-corrected chi connectivity index (χ0v) is 8.74. The zero-order chi connectivity index (χ0) is 11.1. The Morgan fingerprint density at radius 2 is 2.00 bits per heavy atom. The fraction of sp³-hybridized carbons (Fsp3) is 0.100. The molecule has 2 aromatic rings. The van der Waals surface area contributed by atoms with Crippen LogP contribution < -0.4 is 0 Å². The van der Waals surface area contributed by atoms with E-state index in [-0.39, 0.29) is 5.09 Å². The highest BCUT2D eigenvalue weighted by Gasteiger charge is 2.13. The fourth-order valence-corrected chi connectivity index (χ4v) is 1.88. The van der Waals surface area contributed by atoms with E-state index in [2.05, 4.69) is 0 Å². The first-order valence-corrected chi connectivity index (χ1v) is 6.09. The van der Waals surface area contributed by atoms with Crippen LogP contribution in [0.25, 0.3) is 11.0 Å². The van der Waals surface area contributed by atoms with E-state index >= 15 is 0 Å². The second-order valence-corrected chi connectivity index (χ2v) is 5.20. The minimum absolute atomic E-state index is 0.0828. The Kier molecular flexibility index (Phi) is 2.12. The Bertz CT molecular complexity index is 622. The summed E-state index contributed by atoms with van der Waals surface area (Å²) in [6.07, 6.45) is 1.78. The quantitative estimate of drug-likeness (QED) is 0.727. The third-order valence-corrected chi connectivity index (χ3v) is 2.95. The average Bonchev–Trinajstić information content (AvgIpc) is 2.59. The molecule has 0 aliphatic rings. The van der Waals surface area contributed by atoms with Crippen LogP contribution in [0.4, 0.5) is 0 Å². The molecule has 1 aromatic carbocycles. The van der Waals surface area contributed by atoms with Gasteiger partial charge in [-0.3, -0.25) is 4.79 Å². The Morgan fingerprint density at radius 3 is 2.60 bits per heavy atom. The van der Waals surface area contributed by atoms with Crippen LogP contribution in [-0.4, -0.2) is 21.0 Å². The van der Waals surface area contributed by atoms with Crippen molar-refractivity contribution in [3.63, 3.8) is 0 Å². The highest BCUT2D eigenvalue weighted by Crippen LogP contribution is 2.23. The lowest BCUT2D eigenvalue weighted by atomic mass is 10.2. The monoisotopic (exact) mass is 224 g/mol. The summed E-state index contributed by atoms with van der Waals surface area (Å²) >= 11 is 0. The van der Waals surface area contributed by atoms with Crippen LogP contribution in [0.5, 0.6) is 0 Å². The van der Waals surface area contributed by atoms with Crippen molar-refractivity contribution >= 4 is 27.1 Å². The molecule has 0 aliphatic carbocycles. The first-order valence-electron chi connectivity index (χ1n) is 4.19. The molecule has 0 spiro atoms. The van der Waals surface area contributed by atoms with E-state index in [9.17, 15) is 13.2 Å². The maximum absolute atomic E-state index is 11.2. The van der Waals surface area contributed by atoms with Gasteiger partial charge in [-0.1, -0.05) is 0 Å². The Balaban J connectivity index is 2.71. The van der Waals surface area contributed by atoms with Crippen LogP contribution in [0.2, 0.25) is 0 Å². The van der Waals surface area contributed by atoms with Gasteiger partial charge in [0.1, 0.15) is 11.9 Å². The van der Waals surface area contributed by atoms with Gasteiger partial charge in [-0.2, -0.15) is 0 Å². The van der Waals surface area contributed by atoms with E-state index in [0.717, 1.165) is 6.26 Å². The number of carbonyl (C=O) groups excluding carboxylic acids is 1. The SMILES string of the molecule is CS(=O)(=O)c1cc2cc(C=O)ccc2o1. The van der Waals surface area contributed by atoms with E-state index in [1.54, 1.807) is 18.2 Å². The molecule has 0 saturated carbocycles. The van der Waals surface area contributed by atoms with E-state index < -0.39 is 9.84 Å². The van der Waals surface area contributed by atoms with Crippen molar-refractivity contribution in [1.29, 1.82) is 0 Å². The molecule has 1 aromatic heterocycles. The van der Waals surface area contributed by atoms with Crippen molar-refractivity contribution in [3.8, 4) is 0 Å². The Hall–Kier alpha value is -1.62. The summed E-state index contributed by atoms with van der Waals surface area (Å²) in [5.41, 5.74) is 0.948. The van der Waals surface area contributed by atoms with Gasteiger partial charge in [-0.15, -0.1) is 0 Å². The molecule has 0 saturated heterocycles. The first-order chi connectivity index (χ1) is 7.00. The smallest absolute Gasteiger partial charge is 0.219 e. The molecule has 0 amide bonds. The summed E-state index contributed by atoms with van der Waals surface area (Å²) in [6, 6.07) is 6.15. The molecule has 0 aliphatic heterocycles. The number of sulfone groups is 1. The van der Waals surface area contributed by atoms with Crippen LogP contribution in [0.1, 0.15) is 10.4 Å². The number of aldehydes is 1. The molecule has 0 radical (unpaired) electrons. The lowest BCUT2D eigenvalue weighted by Gasteiger charge is -1.89. The third kappa shape index (κ3) is 1.78. The number of benzene rings is 1. The minimum Gasteiger partial charge on any atom is -0.445 e. The second-order valence-electron chi connectivity index (χ2n) is 3.25. The summed E-state index contributed by atoms with van der Waals surface area (Å²) < 4.78 is 27.5. The Labute approximate surface area is 86.4 Å². The van der Waals surface area contributed by atoms with Gasteiger partial charge in [0.05, 0.1) is 0 Å². The summed E-state index contributed by atoms with van der Waals surface area (Å²) in [5.74, 6) is 0. The van der Waals surface area contributed by atoms with Gasteiger partial charge in [-0.05, 0) is 18.2 Å². The molecule has 0 N–H and O–H groups in total. The lowest BCUT2D eigenvalue weighted by molar-refractivity contribution is 0.112. The fourth-order valence-electron chi connectivity index (χ4n) is 1.29. The van der Waals surface area contributed by atoms with Crippen LogP contribution in [0.3, 0.4) is 0 Å². The summed E-state index contributed by atoms with van der Waals surface area (Å²) in [4.78, 5) is 10.5. The predicted molar refractivity (Wildman–Crippen MR) is 54.7 cm³/mol. The number of hydrogen-bond acceptors (Lipinski definition) is 4. The van der Waals surface area contributed by atoms with Crippen LogP contribution in [0.15, 0.2) is 33.8 Å². The van der Waals surface area contributed by atoms with Crippen LogP contribution in [0, 0.1) is 0 Å². The molecule has 0 bridgehead atoms. The normalized spacial score (nSPS) is 11.8. The van der Waals surface area contributed by atoms with Crippen molar-refractivity contribution in [2.24, 2.45) is 0 Å². The van der Waals surface area contributed by atoms with Crippen molar-refractivity contribution < 1.29 is 17.6 Å². The van der Waals surface area contributed by atoms with E-state index in [4.69, 9.17) is 4.42 Å². The molecule has 4 nitrogen and oxygen atoms in total. The molecule has 0 atom stereocenters. The standard InChI is InChI=1S/C10H8O4S/c1-15(12,13)10-5-8-4-7(6-11)2-3-9(8)14-10/h2-6H,1H3. The molecular formula is C10H8O4S. The second kappa shape index (κ2) is 3.20. The topological polar surface area (TPSA) is 64.3 Å². The summed E-state index contributed by atoms with van der Waals surface area (Å²) in [5, 5.41) is 0.528. The van der Waals surface area contributed by atoms with Crippen molar-refractivity contribution in [1.82, 2.24) is 0 Å². The number of fused-ring (bicyclic) bond motifs is 1. The molecular weight excluding hydrogens is 216 g/mol. The van der Waals surface area contributed by atoms with Gasteiger partial charge >= 0.3 is 0 Å². The highest BCUT2D eigenvalue weighted by atomic mass is 32.2. The third-order valence-electron chi connectivity index (χ3n) is 2.02. The van der Waals surface area contributed by atoms with Crippen LogP contribution >= 0.6 is 0 Å². The zero-order valence-electron chi connectivity index (χ0n) is 7.93. The average molecular weight is 224 g/mol. The van der Waals surface area contributed by atoms with E-state index in [1.807, 2.05) is 0 Å². The number of rotatable bonds is 2. The largest absolute Gasteiger partial charge is 0.445 e. The van der Waals surface area contributed by atoms with Gasteiger partial charge in [0.15, 0.2) is 0 Å². The minimum atomic E-state index is -3.34. The number of carbonyl (C=O) groups is 1. The van der Waals surface area contributed by atoms with E-state index in [1.165, 1.54) is 6.07 Å². The molecule has 5 heteroatoms. The lowest BCUT2D eigenvalue weighted by Crippen LogP contribution is -1.93. The summed E-state index contributed by atoms with van der Waals surface area (Å²) in [6.45, 7) is 0. The van der Waals surface area contributed by atoms with Crippen molar-refractivity contribution in [2.75, 3.05) is 6.26 Å². The maximum atomic E-state index is 11.2. The summed E-state index contributed by atoms with van der Waals surface area (Å²) in [7, 11) is -3.34. The molecule has 15 heavy (non-hydrogen) atoms.